The Labute approximate surface area is 155 Å². The summed E-state index contributed by atoms with van der Waals surface area (Å²) in [6.07, 6.45) is 0. The number of anilines is 1. The summed E-state index contributed by atoms with van der Waals surface area (Å²) in [5.41, 5.74) is 4.13. The van der Waals surface area contributed by atoms with E-state index < -0.39 is 5.92 Å². The normalized spacial score (nSPS) is 11.0. The molecule has 4 rings (SSSR count). The van der Waals surface area contributed by atoms with Crippen molar-refractivity contribution in [1.29, 1.82) is 0 Å². The molecule has 4 aromatic rings. The van der Waals surface area contributed by atoms with Gasteiger partial charge >= 0.3 is 0 Å². The van der Waals surface area contributed by atoms with Crippen LogP contribution in [0.3, 0.4) is 0 Å². The number of nitrogens with one attached hydrogen (secondary N) is 2. The maximum Gasteiger partial charge on any atom is 0.236 e. The van der Waals surface area contributed by atoms with Crippen molar-refractivity contribution in [3.63, 3.8) is 0 Å². The molecular weight excluding hydrogens is 346 g/mol. The van der Waals surface area contributed by atoms with Crippen molar-refractivity contribution in [1.82, 2.24) is 9.97 Å². The van der Waals surface area contributed by atoms with Crippen molar-refractivity contribution >= 4 is 34.2 Å². The SMILES string of the molecule is O=C(Nc1ccc2nc(Cl)[nH]c2c1)C(c1ccccc1)c1ccccc1. The van der Waals surface area contributed by atoms with Gasteiger partial charge in [-0.15, -0.1) is 0 Å². The van der Waals surface area contributed by atoms with E-state index in [1.54, 1.807) is 0 Å². The number of H-pyrrole nitrogens is 1. The van der Waals surface area contributed by atoms with Crippen molar-refractivity contribution in [3.05, 3.63) is 95.3 Å². The van der Waals surface area contributed by atoms with Crippen molar-refractivity contribution < 1.29 is 4.79 Å². The minimum absolute atomic E-state index is 0.0904. The van der Waals surface area contributed by atoms with Crippen molar-refractivity contribution in [2.45, 2.75) is 5.92 Å². The molecule has 0 aliphatic heterocycles. The number of halogens is 1. The molecule has 0 unspecified atom stereocenters. The first kappa shape index (κ1) is 16.4. The smallest absolute Gasteiger partial charge is 0.236 e. The number of rotatable bonds is 4. The Bertz CT molecular complexity index is 1010. The van der Waals surface area contributed by atoms with Crippen LogP contribution in [0.2, 0.25) is 5.28 Å². The summed E-state index contributed by atoms with van der Waals surface area (Å²) in [4.78, 5) is 20.2. The van der Waals surface area contributed by atoms with Gasteiger partial charge in [0.1, 0.15) is 0 Å². The predicted molar refractivity (Wildman–Crippen MR) is 104 cm³/mol. The third-order valence-corrected chi connectivity index (χ3v) is 4.43. The predicted octanol–water partition coefficient (Wildman–Crippen LogP) is 4.99. The third kappa shape index (κ3) is 3.32. The molecule has 0 fully saturated rings. The van der Waals surface area contributed by atoms with Gasteiger partial charge in [0.05, 0.1) is 17.0 Å². The zero-order chi connectivity index (χ0) is 17.9. The van der Waals surface area contributed by atoms with Crippen LogP contribution in [0.4, 0.5) is 5.69 Å². The summed E-state index contributed by atoms with van der Waals surface area (Å²) in [6.45, 7) is 0. The quantitative estimate of drug-likeness (QED) is 0.538. The third-order valence-electron chi connectivity index (χ3n) is 4.25. The van der Waals surface area contributed by atoms with Gasteiger partial charge in [0.15, 0.2) is 0 Å². The first-order valence-electron chi connectivity index (χ1n) is 8.27. The standard InChI is InChI=1S/C21H16ClN3O/c22-21-24-17-12-11-16(13-18(17)25-21)23-20(26)19(14-7-3-1-4-8-14)15-9-5-2-6-10-15/h1-13,19H,(H,23,26)(H,24,25). The monoisotopic (exact) mass is 361 g/mol. The summed E-state index contributed by atoms with van der Waals surface area (Å²) >= 11 is 5.90. The van der Waals surface area contributed by atoms with Gasteiger partial charge in [0.25, 0.3) is 0 Å². The molecule has 5 heteroatoms. The van der Waals surface area contributed by atoms with Crippen LogP contribution in [0.5, 0.6) is 0 Å². The topological polar surface area (TPSA) is 57.8 Å². The largest absolute Gasteiger partial charge is 0.329 e. The molecule has 0 saturated carbocycles. The van der Waals surface area contributed by atoms with Crippen LogP contribution >= 0.6 is 11.6 Å². The highest BCUT2D eigenvalue weighted by molar-refractivity contribution is 6.29. The molecule has 0 aliphatic rings. The molecule has 4 nitrogen and oxygen atoms in total. The summed E-state index contributed by atoms with van der Waals surface area (Å²) in [5.74, 6) is -0.481. The van der Waals surface area contributed by atoms with Gasteiger partial charge in [0, 0.05) is 5.69 Å². The van der Waals surface area contributed by atoms with E-state index in [4.69, 9.17) is 11.6 Å². The first-order chi connectivity index (χ1) is 12.7. The van der Waals surface area contributed by atoms with E-state index in [-0.39, 0.29) is 5.91 Å². The molecule has 0 radical (unpaired) electrons. The molecule has 1 heterocycles. The van der Waals surface area contributed by atoms with Crippen molar-refractivity contribution in [2.75, 3.05) is 5.32 Å². The minimum atomic E-state index is -0.390. The maximum absolute atomic E-state index is 13.1. The van der Waals surface area contributed by atoms with Gasteiger partial charge in [0.2, 0.25) is 11.2 Å². The number of aromatic nitrogens is 2. The highest BCUT2D eigenvalue weighted by Gasteiger charge is 2.22. The lowest BCUT2D eigenvalue weighted by molar-refractivity contribution is -0.116. The molecule has 0 aliphatic carbocycles. The molecule has 128 valence electrons. The lowest BCUT2D eigenvalue weighted by Crippen LogP contribution is -2.22. The van der Waals surface area contributed by atoms with Crippen LogP contribution in [-0.4, -0.2) is 15.9 Å². The van der Waals surface area contributed by atoms with Crippen LogP contribution in [0, 0.1) is 0 Å². The van der Waals surface area contributed by atoms with Crippen molar-refractivity contribution in [2.24, 2.45) is 0 Å². The van der Waals surface area contributed by atoms with Gasteiger partial charge in [-0.1, -0.05) is 60.7 Å². The molecule has 1 amide bonds. The zero-order valence-electron chi connectivity index (χ0n) is 13.8. The number of nitrogens with zero attached hydrogens (tertiary/aromatic N) is 1. The summed E-state index contributed by atoms with van der Waals surface area (Å²) in [5, 5.41) is 3.34. The van der Waals surface area contributed by atoms with Gasteiger partial charge in [-0.05, 0) is 40.9 Å². The second-order valence-electron chi connectivity index (χ2n) is 6.00. The molecule has 0 atom stereocenters. The molecular formula is C21H16ClN3O. The highest BCUT2D eigenvalue weighted by atomic mass is 35.5. The Kier molecular flexibility index (Phi) is 4.42. The van der Waals surface area contributed by atoms with E-state index in [1.165, 1.54) is 0 Å². The Balaban J connectivity index is 1.67. The van der Waals surface area contributed by atoms with E-state index in [2.05, 4.69) is 15.3 Å². The summed E-state index contributed by atoms with van der Waals surface area (Å²) in [7, 11) is 0. The molecule has 2 N–H and O–H groups in total. The van der Waals surface area contributed by atoms with E-state index in [0.717, 1.165) is 22.2 Å². The molecule has 0 spiro atoms. The van der Waals surface area contributed by atoms with E-state index in [9.17, 15) is 4.79 Å². The number of imidazole rings is 1. The number of amides is 1. The maximum atomic E-state index is 13.1. The highest BCUT2D eigenvalue weighted by Crippen LogP contribution is 2.27. The van der Waals surface area contributed by atoms with Gasteiger partial charge in [-0.2, -0.15) is 0 Å². The average molecular weight is 362 g/mol. The molecule has 26 heavy (non-hydrogen) atoms. The average Bonchev–Trinajstić information content (AvgIpc) is 3.03. The number of carbonyl (C=O) groups is 1. The van der Waals surface area contributed by atoms with Gasteiger partial charge < -0.3 is 10.3 Å². The fourth-order valence-corrected chi connectivity index (χ4v) is 3.25. The zero-order valence-corrected chi connectivity index (χ0v) is 14.6. The fourth-order valence-electron chi connectivity index (χ4n) is 3.06. The molecule has 0 saturated heterocycles. The van der Waals surface area contributed by atoms with Crippen LogP contribution in [0.15, 0.2) is 78.9 Å². The van der Waals surface area contributed by atoms with Crippen LogP contribution in [0.1, 0.15) is 17.0 Å². The van der Waals surface area contributed by atoms with Crippen molar-refractivity contribution in [3.8, 4) is 0 Å². The van der Waals surface area contributed by atoms with Gasteiger partial charge in [-0.3, -0.25) is 4.79 Å². The number of hydrogen-bond acceptors (Lipinski definition) is 2. The van der Waals surface area contributed by atoms with Crippen LogP contribution < -0.4 is 5.32 Å². The Morgan fingerprint density at radius 3 is 2.15 bits per heavy atom. The number of aromatic amines is 1. The number of hydrogen-bond donors (Lipinski definition) is 2. The van der Waals surface area contributed by atoms with Crippen LogP contribution in [0.25, 0.3) is 11.0 Å². The van der Waals surface area contributed by atoms with Crippen LogP contribution in [-0.2, 0) is 4.79 Å². The molecule has 3 aromatic carbocycles. The van der Waals surface area contributed by atoms with Gasteiger partial charge in [-0.25, -0.2) is 4.98 Å². The second-order valence-corrected chi connectivity index (χ2v) is 6.36. The number of fused-ring (bicyclic) bond motifs is 1. The first-order valence-corrected chi connectivity index (χ1v) is 8.64. The Morgan fingerprint density at radius 2 is 1.54 bits per heavy atom. The lowest BCUT2D eigenvalue weighted by atomic mass is 9.90. The van der Waals surface area contributed by atoms with E-state index in [0.29, 0.717) is 11.0 Å². The van der Waals surface area contributed by atoms with E-state index in [1.807, 2.05) is 78.9 Å². The lowest BCUT2D eigenvalue weighted by Gasteiger charge is -2.18. The second kappa shape index (κ2) is 7.02. The fraction of sp³-hybridized carbons (Fsp3) is 0.0476. The summed E-state index contributed by atoms with van der Waals surface area (Å²) in [6, 6.07) is 25.0. The molecule has 0 bridgehead atoms. The number of benzene rings is 3. The number of carbonyl (C=O) groups excluding carboxylic acids is 1. The molecule has 1 aromatic heterocycles. The Morgan fingerprint density at radius 1 is 0.923 bits per heavy atom. The summed E-state index contributed by atoms with van der Waals surface area (Å²) < 4.78 is 0. The van der Waals surface area contributed by atoms with E-state index >= 15 is 0 Å². The minimum Gasteiger partial charge on any atom is -0.329 e. The Hall–Kier alpha value is -3.11.